The zero-order chi connectivity index (χ0) is 26.5. The highest BCUT2D eigenvalue weighted by molar-refractivity contribution is 5.94. The molecule has 0 bridgehead atoms. The first-order valence-corrected chi connectivity index (χ1v) is 13.0. The lowest BCUT2D eigenvalue weighted by Crippen LogP contribution is -2.49. The van der Waals surface area contributed by atoms with E-state index in [1.807, 2.05) is 11.9 Å². The Morgan fingerprint density at radius 3 is 2.39 bits per heavy atom. The molecule has 2 aromatic rings. The van der Waals surface area contributed by atoms with Gasteiger partial charge >= 0.3 is 0 Å². The van der Waals surface area contributed by atoms with E-state index in [1.54, 1.807) is 0 Å². The number of piperazine rings is 1. The fourth-order valence-corrected chi connectivity index (χ4v) is 4.81. The molecule has 2 N–H and O–H groups in total. The van der Waals surface area contributed by atoms with E-state index in [9.17, 15) is 9.18 Å². The molecule has 5 nitrogen and oxygen atoms in total. The SMILES string of the molecule is C#C.CCC1CN(Cc2ccc(N(C)C(=O)C3CCCCC3)cc2C)CCN1.Oc1ccc(F)cc1. The molecule has 1 aliphatic carbocycles. The Hall–Kier alpha value is -2.88. The summed E-state index contributed by atoms with van der Waals surface area (Å²) in [4.78, 5) is 17.2. The quantitative estimate of drug-likeness (QED) is 0.538. The minimum atomic E-state index is -0.331. The van der Waals surface area contributed by atoms with Crippen molar-refractivity contribution in [3.8, 4) is 18.6 Å². The summed E-state index contributed by atoms with van der Waals surface area (Å²) in [6.07, 6.45) is 15.0. The van der Waals surface area contributed by atoms with Crippen molar-refractivity contribution < 1.29 is 14.3 Å². The monoisotopic (exact) mass is 495 g/mol. The second kappa shape index (κ2) is 15.3. The van der Waals surface area contributed by atoms with Gasteiger partial charge in [-0.15, -0.1) is 12.8 Å². The molecule has 2 aromatic carbocycles. The standard InChI is InChI=1S/C22H35N3O.C6H5FO.C2H2/c1-4-20-16-25(13-12-23-20)15-19-10-11-21(14-17(19)2)24(3)22(26)18-8-6-5-7-9-18;7-5-1-3-6(8)4-2-5;1-2/h10-11,14,18,20,23H,4-9,12-13,15-16H2,1-3H3;1-4,8H;1-2H. The van der Waals surface area contributed by atoms with Crippen LogP contribution in [0.5, 0.6) is 5.75 Å². The van der Waals surface area contributed by atoms with Gasteiger partial charge in [-0.3, -0.25) is 9.69 Å². The van der Waals surface area contributed by atoms with Crippen LogP contribution >= 0.6 is 0 Å². The van der Waals surface area contributed by atoms with Crippen LogP contribution in [0.2, 0.25) is 0 Å². The highest BCUT2D eigenvalue weighted by Gasteiger charge is 2.25. The third-order valence-corrected chi connectivity index (χ3v) is 7.05. The molecule has 1 unspecified atom stereocenters. The molecule has 2 fully saturated rings. The maximum atomic E-state index is 12.8. The minimum absolute atomic E-state index is 0.0893. The van der Waals surface area contributed by atoms with Crippen molar-refractivity contribution in [2.75, 3.05) is 31.6 Å². The summed E-state index contributed by atoms with van der Waals surface area (Å²) in [5, 5.41) is 12.2. The zero-order valence-corrected chi connectivity index (χ0v) is 22.0. The van der Waals surface area contributed by atoms with Gasteiger partial charge in [-0.1, -0.05) is 32.3 Å². The number of aryl methyl sites for hydroxylation is 1. The van der Waals surface area contributed by atoms with Crippen LogP contribution in [-0.2, 0) is 11.3 Å². The molecule has 36 heavy (non-hydrogen) atoms. The van der Waals surface area contributed by atoms with Gasteiger partial charge in [-0.05, 0) is 73.7 Å². The van der Waals surface area contributed by atoms with Crippen molar-refractivity contribution >= 4 is 11.6 Å². The number of anilines is 1. The highest BCUT2D eigenvalue weighted by Crippen LogP contribution is 2.28. The molecule has 1 saturated heterocycles. The normalized spacial score (nSPS) is 18.2. The molecule has 6 heteroatoms. The Bertz CT molecular complexity index is 933. The van der Waals surface area contributed by atoms with E-state index < -0.39 is 0 Å². The molecule has 0 radical (unpaired) electrons. The van der Waals surface area contributed by atoms with Crippen LogP contribution in [0.3, 0.4) is 0 Å². The molecular weight excluding hydrogens is 453 g/mol. The first-order chi connectivity index (χ1) is 17.4. The van der Waals surface area contributed by atoms with E-state index in [1.165, 1.54) is 61.1 Å². The topological polar surface area (TPSA) is 55.8 Å². The summed E-state index contributed by atoms with van der Waals surface area (Å²) in [5.74, 6) is 0.277. The van der Waals surface area contributed by atoms with Gasteiger partial charge in [0.1, 0.15) is 11.6 Å². The number of nitrogens with one attached hydrogen (secondary N) is 1. The number of terminal acetylenes is 1. The van der Waals surface area contributed by atoms with Gasteiger partial charge in [-0.2, -0.15) is 0 Å². The molecule has 0 aromatic heterocycles. The first-order valence-electron chi connectivity index (χ1n) is 13.0. The van der Waals surface area contributed by atoms with Crippen LogP contribution in [0.25, 0.3) is 0 Å². The van der Waals surface area contributed by atoms with Gasteiger partial charge in [0.05, 0.1) is 0 Å². The molecular formula is C30H42FN3O2. The second-order valence-electron chi connectivity index (χ2n) is 9.61. The van der Waals surface area contributed by atoms with E-state index in [0.29, 0.717) is 11.9 Å². The molecule has 0 spiro atoms. The summed E-state index contributed by atoms with van der Waals surface area (Å²) >= 11 is 0. The number of phenolic OH excluding ortho intramolecular Hbond substituents is 1. The molecule has 1 saturated carbocycles. The van der Waals surface area contributed by atoms with Crippen LogP contribution < -0.4 is 10.2 Å². The Morgan fingerprint density at radius 2 is 1.81 bits per heavy atom. The average Bonchev–Trinajstić information content (AvgIpc) is 2.92. The Balaban J connectivity index is 0.000000384. The lowest BCUT2D eigenvalue weighted by molar-refractivity contribution is -0.123. The van der Waals surface area contributed by atoms with Crippen molar-refractivity contribution in [3.63, 3.8) is 0 Å². The number of hydrogen-bond donors (Lipinski definition) is 2. The lowest BCUT2D eigenvalue weighted by Gasteiger charge is -2.33. The van der Waals surface area contributed by atoms with E-state index in [4.69, 9.17) is 5.11 Å². The molecule has 1 amide bonds. The molecule has 4 rings (SSSR count). The number of benzene rings is 2. The van der Waals surface area contributed by atoms with Gasteiger partial charge in [0.25, 0.3) is 0 Å². The van der Waals surface area contributed by atoms with Crippen molar-refractivity contribution in [2.24, 2.45) is 5.92 Å². The number of carbonyl (C=O) groups excluding carboxylic acids is 1. The summed E-state index contributed by atoms with van der Waals surface area (Å²) in [6.45, 7) is 8.74. The van der Waals surface area contributed by atoms with E-state index in [0.717, 1.165) is 44.7 Å². The number of hydrogen-bond acceptors (Lipinski definition) is 4. The third kappa shape index (κ3) is 8.96. The van der Waals surface area contributed by atoms with Gasteiger partial charge in [-0.25, -0.2) is 4.39 Å². The van der Waals surface area contributed by atoms with Crippen molar-refractivity contribution in [1.82, 2.24) is 10.2 Å². The maximum Gasteiger partial charge on any atom is 0.229 e. The first kappa shape index (κ1) is 29.4. The highest BCUT2D eigenvalue weighted by atomic mass is 19.1. The van der Waals surface area contributed by atoms with Crippen molar-refractivity contribution in [3.05, 3.63) is 59.4 Å². The van der Waals surface area contributed by atoms with Gasteiger partial charge in [0, 0.05) is 50.9 Å². The summed E-state index contributed by atoms with van der Waals surface area (Å²) < 4.78 is 12.0. The smallest absolute Gasteiger partial charge is 0.229 e. The predicted molar refractivity (Wildman–Crippen MR) is 146 cm³/mol. The van der Waals surface area contributed by atoms with E-state index in [2.05, 4.69) is 55.1 Å². The number of carbonyl (C=O) groups is 1. The van der Waals surface area contributed by atoms with Crippen molar-refractivity contribution in [1.29, 1.82) is 0 Å². The number of halogens is 1. The largest absolute Gasteiger partial charge is 0.508 e. The van der Waals surface area contributed by atoms with Crippen LogP contribution in [0.15, 0.2) is 42.5 Å². The number of phenols is 1. The lowest BCUT2D eigenvalue weighted by atomic mass is 9.88. The molecule has 196 valence electrons. The fraction of sp³-hybridized carbons (Fsp3) is 0.500. The summed E-state index contributed by atoms with van der Waals surface area (Å²) in [5.41, 5.74) is 3.70. The van der Waals surface area contributed by atoms with Crippen molar-refractivity contribution in [2.45, 2.75) is 65.0 Å². The van der Waals surface area contributed by atoms with Crippen LogP contribution in [-0.4, -0.2) is 48.6 Å². The molecule has 1 atom stereocenters. The van der Waals surface area contributed by atoms with E-state index in [-0.39, 0.29) is 17.5 Å². The minimum Gasteiger partial charge on any atom is -0.508 e. The fourth-order valence-electron chi connectivity index (χ4n) is 4.81. The summed E-state index contributed by atoms with van der Waals surface area (Å²) in [6, 6.07) is 12.2. The second-order valence-corrected chi connectivity index (χ2v) is 9.61. The van der Waals surface area contributed by atoms with Crippen LogP contribution in [0, 0.1) is 31.5 Å². The summed E-state index contributed by atoms with van der Waals surface area (Å²) in [7, 11) is 1.94. The van der Waals surface area contributed by atoms with Crippen LogP contribution in [0.1, 0.15) is 56.6 Å². The third-order valence-electron chi connectivity index (χ3n) is 7.05. The predicted octanol–water partition coefficient (Wildman–Crippen LogP) is 5.50. The Kier molecular flexibility index (Phi) is 12.5. The van der Waals surface area contributed by atoms with Gasteiger partial charge < -0.3 is 15.3 Å². The number of amides is 1. The average molecular weight is 496 g/mol. The number of aromatic hydroxyl groups is 1. The maximum absolute atomic E-state index is 12.8. The van der Waals surface area contributed by atoms with Gasteiger partial charge in [0.2, 0.25) is 5.91 Å². The number of rotatable bonds is 5. The number of nitrogens with zero attached hydrogens (tertiary/aromatic N) is 2. The van der Waals surface area contributed by atoms with Crippen LogP contribution in [0.4, 0.5) is 10.1 Å². The Labute approximate surface area is 216 Å². The molecule has 1 heterocycles. The molecule has 1 aliphatic heterocycles. The van der Waals surface area contributed by atoms with E-state index >= 15 is 0 Å². The zero-order valence-electron chi connectivity index (χ0n) is 22.0. The Morgan fingerprint density at radius 1 is 1.14 bits per heavy atom. The van der Waals surface area contributed by atoms with Gasteiger partial charge in [0.15, 0.2) is 0 Å². The molecule has 2 aliphatic rings.